The summed E-state index contributed by atoms with van der Waals surface area (Å²) in [5.41, 5.74) is 0.772. The molecule has 2 aromatic rings. The van der Waals surface area contributed by atoms with Crippen molar-refractivity contribution < 1.29 is 13.5 Å². The molecule has 0 unspecified atom stereocenters. The fourth-order valence-corrected chi connectivity index (χ4v) is 3.65. The van der Waals surface area contributed by atoms with Crippen LogP contribution in [0.5, 0.6) is 0 Å². The van der Waals surface area contributed by atoms with Gasteiger partial charge >= 0.3 is 0 Å². The highest BCUT2D eigenvalue weighted by molar-refractivity contribution is 7.89. The molecule has 2 N–H and O–H groups in total. The maximum absolute atomic E-state index is 12.3. The quantitative estimate of drug-likeness (QED) is 0.789. The average molecular weight is 368 g/mol. The van der Waals surface area contributed by atoms with Crippen molar-refractivity contribution in [2.24, 2.45) is 0 Å². The molecular formula is C18H22ClNO3S. The number of halogens is 1. The van der Waals surface area contributed by atoms with E-state index in [0.717, 1.165) is 11.1 Å². The Morgan fingerprint density at radius 1 is 1.17 bits per heavy atom. The summed E-state index contributed by atoms with van der Waals surface area (Å²) >= 11 is 5.99. The first-order valence-electron chi connectivity index (χ1n) is 7.72. The van der Waals surface area contributed by atoms with E-state index in [9.17, 15) is 13.5 Å². The zero-order chi connectivity index (χ0) is 17.8. The zero-order valence-electron chi connectivity index (χ0n) is 13.8. The number of aliphatic hydroxyl groups is 1. The van der Waals surface area contributed by atoms with Crippen LogP contribution in [0.15, 0.2) is 53.4 Å². The van der Waals surface area contributed by atoms with E-state index in [1.807, 2.05) is 30.3 Å². The van der Waals surface area contributed by atoms with Gasteiger partial charge in [0.2, 0.25) is 10.0 Å². The number of benzene rings is 2. The number of hydrogen-bond acceptors (Lipinski definition) is 3. The summed E-state index contributed by atoms with van der Waals surface area (Å²) in [6, 6.07) is 14.3. The molecule has 0 spiro atoms. The highest BCUT2D eigenvalue weighted by Crippen LogP contribution is 2.20. The van der Waals surface area contributed by atoms with Gasteiger partial charge in [-0.2, -0.15) is 0 Å². The number of rotatable bonds is 7. The largest absolute Gasteiger partial charge is 0.389 e. The Morgan fingerprint density at radius 3 is 2.46 bits per heavy atom. The van der Waals surface area contributed by atoms with Crippen molar-refractivity contribution in [3.63, 3.8) is 0 Å². The summed E-state index contributed by atoms with van der Waals surface area (Å²) < 4.78 is 27.1. The fourth-order valence-electron chi connectivity index (χ4n) is 2.22. The number of sulfonamides is 1. The van der Waals surface area contributed by atoms with E-state index in [1.54, 1.807) is 19.9 Å². The van der Waals surface area contributed by atoms with Gasteiger partial charge in [0.25, 0.3) is 0 Å². The third kappa shape index (κ3) is 5.31. The van der Waals surface area contributed by atoms with E-state index in [2.05, 4.69) is 4.72 Å². The van der Waals surface area contributed by atoms with Crippen LogP contribution in [0.2, 0.25) is 5.02 Å². The van der Waals surface area contributed by atoms with Gasteiger partial charge in [-0.3, -0.25) is 0 Å². The first-order valence-corrected chi connectivity index (χ1v) is 9.58. The minimum atomic E-state index is -3.71. The highest BCUT2D eigenvalue weighted by Gasteiger charge is 2.24. The molecule has 0 saturated heterocycles. The zero-order valence-corrected chi connectivity index (χ0v) is 15.4. The van der Waals surface area contributed by atoms with Gasteiger partial charge in [-0.15, -0.1) is 0 Å². The van der Waals surface area contributed by atoms with Crippen molar-refractivity contribution in [3.05, 3.63) is 64.7 Å². The van der Waals surface area contributed by atoms with Gasteiger partial charge in [-0.05, 0) is 49.9 Å². The second-order valence-electron chi connectivity index (χ2n) is 6.22. The normalized spacial score (nSPS) is 14.3. The van der Waals surface area contributed by atoms with Gasteiger partial charge in [0, 0.05) is 11.6 Å². The van der Waals surface area contributed by atoms with Crippen molar-refractivity contribution >= 4 is 21.6 Å². The summed E-state index contributed by atoms with van der Waals surface area (Å²) in [6.07, 6.45) is 1.13. The van der Waals surface area contributed by atoms with Crippen LogP contribution in [0.4, 0.5) is 0 Å². The van der Waals surface area contributed by atoms with Crippen LogP contribution in [0, 0.1) is 6.92 Å². The monoisotopic (exact) mass is 367 g/mol. The Balaban J connectivity index is 1.98. The van der Waals surface area contributed by atoms with E-state index >= 15 is 0 Å². The van der Waals surface area contributed by atoms with Crippen molar-refractivity contribution in [2.75, 3.05) is 6.54 Å². The molecular weight excluding hydrogens is 346 g/mol. The Bertz CT molecular complexity index is 789. The van der Waals surface area contributed by atoms with Gasteiger partial charge in [0.1, 0.15) is 0 Å². The maximum Gasteiger partial charge on any atom is 0.240 e. The molecule has 0 bridgehead atoms. The number of aryl methyl sites for hydroxylation is 2. The van der Waals surface area contributed by atoms with E-state index in [0.29, 0.717) is 17.9 Å². The lowest BCUT2D eigenvalue weighted by Crippen LogP contribution is -2.40. The molecule has 0 amide bonds. The van der Waals surface area contributed by atoms with Crippen LogP contribution in [0.3, 0.4) is 0 Å². The molecule has 0 aliphatic rings. The average Bonchev–Trinajstić information content (AvgIpc) is 2.55. The maximum atomic E-state index is 12.3. The molecule has 0 fully saturated rings. The SMILES string of the molecule is Cc1ccc(S(=O)(=O)NC[C@](C)(O)CCc2ccccc2)cc1Cl. The van der Waals surface area contributed by atoms with Gasteiger partial charge in [-0.25, -0.2) is 13.1 Å². The Labute approximate surface area is 148 Å². The van der Waals surface area contributed by atoms with Crippen molar-refractivity contribution in [3.8, 4) is 0 Å². The predicted molar refractivity (Wildman–Crippen MR) is 96.8 cm³/mol. The first kappa shape index (κ1) is 18.9. The smallest absolute Gasteiger partial charge is 0.240 e. The molecule has 6 heteroatoms. The second kappa shape index (κ2) is 7.66. The van der Waals surface area contributed by atoms with Gasteiger partial charge in [0.05, 0.1) is 10.5 Å². The number of hydrogen-bond donors (Lipinski definition) is 2. The first-order chi connectivity index (χ1) is 11.2. The molecule has 24 heavy (non-hydrogen) atoms. The molecule has 0 radical (unpaired) electrons. The highest BCUT2D eigenvalue weighted by atomic mass is 35.5. The van der Waals surface area contributed by atoms with E-state index < -0.39 is 15.6 Å². The standard InChI is InChI=1S/C18H22ClNO3S/c1-14-8-9-16(12-17(14)19)24(22,23)20-13-18(2,21)11-10-15-6-4-3-5-7-15/h3-9,12,20-21H,10-11,13H2,1-2H3/t18-/m1/s1. The Morgan fingerprint density at radius 2 is 1.83 bits per heavy atom. The lowest BCUT2D eigenvalue weighted by Gasteiger charge is -2.23. The van der Waals surface area contributed by atoms with Crippen LogP contribution in [0.25, 0.3) is 0 Å². The molecule has 4 nitrogen and oxygen atoms in total. The molecule has 1 atom stereocenters. The summed E-state index contributed by atoms with van der Waals surface area (Å²) in [6.45, 7) is 3.37. The molecule has 0 aliphatic heterocycles. The van der Waals surface area contributed by atoms with Crippen LogP contribution < -0.4 is 4.72 Å². The van der Waals surface area contributed by atoms with E-state index in [4.69, 9.17) is 11.6 Å². The topological polar surface area (TPSA) is 66.4 Å². The van der Waals surface area contributed by atoms with Gasteiger partial charge in [0.15, 0.2) is 0 Å². The third-order valence-electron chi connectivity index (χ3n) is 3.89. The van der Waals surface area contributed by atoms with Gasteiger partial charge < -0.3 is 5.11 Å². The van der Waals surface area contributed by atoms with Crippen LogP contribution in [-0.4, -0.2) is 25.7 Å². The fraction of sp³-hybridized carbons (Fsp3) is 0.333. The minimum Gasteiger partial charge on any atom is -0.389 e. The van der Waals surface area contributed by atoms with Crippen molar-refractivity contribution in [1.82, 2.24) is 4.72 Å². The second-order valence-corrected chi connectivity index (χ2v) is 8.39. The third-order valence-corrected chi connectivity index (χ3v) is 5.70. The van der Waals surface area contributed by atoms with Crippen LogP contribution in [0.1, 0.15) is 24.5 Å². The predicted octanol–water partition coefficient (Wildman–Crippen LogP) is 3.31. The summed E-state index contributed by atoms with van der Waals surface area (Å²) in [5.74, 6) is 0. The van der Waals surface area contributed by atoms with E-state index in [1.165, 1.54) is 12.1 Å². The van der Waals surface area contributed by atoms with E-state index in [-0.39, 0.29) is 11.4 Å². The molecule has 0 aromatic heterocycles. The Hall–Kier alpha value is -1.40. The number of nitrogens with one attached hydrogen (secondary N) is 1. The van der Waals surface area contributed by atoms with Gasteiger partial charge in [-0.1, -0.05) is 48.0 Å². The lowest BCUT2D eigenvalue weighted by molar-refractivity contribution is 0.0565. The molecule has 2 aromatic carbocycles. The van der Waals surface area contributed by atoms with Crippen LogP contribution >= 0.6 is 11.6 Å². The summed E-state index contributed by atoms with van der Waals surface area (Å²) in [5, 5.41) is 10.8. The summed E-state index contributed by atoms with van der Waals surface area (Å²) in [7, 11) is -3.71. The van der Waals surface area contributed by atoms with Crippen molar-refractivity contribution in [2.45, 2.75) is 37.2 Å². The molecule has 0 aliphatic carbocycles. The summed E-state index contributed by atoms with van der Waals surface area (Å²) in [4.78, 5) is 0.0944. The molecule has 130 valence electrons. The van der Waals surface area contributed by atoms with Crippen LogP contribution in [-0.2, 0) is 16.4 Å². The molecule has 0 saturated carbocycles. The molecule has 2 rings (SSSR count). The minimum absolute atomic E-state index is 0.0618. The Kier molecular flexibility index (Phi) is 6.04. The molecule has 0 heterocycles. The lowest BCUT2D eigenvalue weighted by atomic mass is 9.97. The van der Waals surface area contributed by atoms with Crippen molar-refractivity contribution in [1.29, 1.82) is 0 Å².